The summed E-state index contributed by atoms with van der Waals surface area (Å²) in [7, 11) is 0. The van der Waals surface area contributed by atoms with Crippen molar-refractivity contribution in [3.63, 3.8) is 0 Å². The first-order valence-corrected chi connectivity index (χ1v) is 6.62. The topological polar surface area (TPSA) is 41.1 Å². The van der Waals surface area contributed by atoms with Crippen LogP contribution in [0.25, 0.3) is 0 Å². The van der Waals surface area contributed by atoms with Gasteiger partial charge in [0.15, 0.2) is 0 Å². The van der Waals surface area contributed by atoms with E-state index in [1.54, 1.807) is 6.07 Å². The van der Waals surface area contributed by atoms with Gasteiger partial charge in [-0.15, -0.1) is 0 Å². The first kappa shape index (κ1) is 12.1. The molecule has 0 radical (unpaired) electrons. The van der Waals surface area contributed by atoms with Crippen LogP contribution in [0, 0.1) is 3.57 Å². The quantitative estimate of drug-likeness (QED) is 0.805. The normalized spacial score (nSPS) is 19.8. The van der Waals surface area contributed by atoms with Crippen molar-refractivity contribution in [1.82, 2.24) is 5.32 Å². The molecule has 16 heavy (non-hydrogen) atoms. The van der Waals surface area contributed by atoms with Crippen LogP contribution < -0.4 is 10.6 Å². The Bertz CT molecular complexity index is 405. The van der Waals surface area contributed by atoms with Gasteiger partial charge in [0.05, 0.1) is 11.7 Å². The molecule has 1 aromatic carbocycles. The van der Waals surface area contributed by atoms with Gasteiger partial charge in [0.25, 0.3) is 0 Å². The molecule has 1 atom stereocenters. The number of hydrogen-bond donors (Lipinski definition) is 2. The number of rotatable bonds is 2. The highest BCUT2D eigenvalue weighted by Gasteiger charge is 2.22. The van der Waals surface area contributed by atoms with Gasteiger partial charge >= 0.3 is 0 Å². The Hall–Kier alpha value is -0.330. The van der Waals surface area contributed by atoms with Crippen molar-refractivity contribution in [2.45, 2.75) is 18.9 Å². The van der Waals surface area contributed by atoms with E-state index in [-0.39, 0.29) is 11.9 Å². The zero-order valence-corrected chi connectivity index (χ0v) is 11.5. The van der Waals surface area contributed by atoms with Crippen LogP contribution in [0.5, 0.6) is 0 Å². The van der Waals surface area contributed by atoms with E-state index < -0.39 is 0 Å². The Morgan fingerprint density at radius 2 is 2.38 bits per heavy atom. The third-order valence-corrected chi connectivity index (χ3v) is 3.69. The Kier molecular flexibility index (Phi) is 4.05. The molecule has 1 aromatic rings. The molecule has 1 amide bonds. The fourth-order valence-electron chi connectivity index (χ4n) is 1.72. The predicted octanol–water partition coefficient (Wildman–Crippen LogP) is 2.64. The van der Waals surface area contributed by atoms with Gasteiger partial charge in [-0.1, -0.05) is 11.6 Å². The molecule has 0 bridgehead atoms. The van der Waals surface area contributed by atoms with Crippen molar-refractivity contribution in [1.29, 1.82) is 0 Å². The standard InChI is InChI=1S/C11H12ClIN2O/c12-7-3-4-9(8(13)6-7)15-11(16)10-2-1-5-14-10/h3-4,6,10,14H,1-2,5H2,(H,15,16). The van der Waals surface area contributed by atoms with Crippen LogP contribution >= 0.6 is 34.2 Å². The second-order valence-corrected chi connectivity index (χ2v) is 5.36. The molecule has 0 aromatic heterocycles. The first-order valence-electron chi connectivity index (χ1n) is 5.16. The molecule has 0 spiro atoms. The van der Waals surface area contributed by atoms with Gasteiger partial charge in [0.2, 0.25) is 5.91 Å². The third kappa shape index (κ3) is 2.87. The van der Waals surface area contributed by atoms with Crippen molar-refractivity contribution in [3.05, 3.63) is 26.8 Å². The summed E-state index contributed by atoms with van der Waals surface area (Å²) in [6, 6.07) is 5.39. The van der Waals surface area contributed by atoms with Crippen LogP contribution in [-0.4, -0.2) is 18.5 Å². The molecule has 1 unspecified atom stereocenters. The fourth-order valence-corrected chi connectivity index (χ4v) is 2.73. The van der Waals surface area contributed by atoms with Crippen LogP contribution in [-0.2, 0) is 4.79 Å². The summed E-state index contributed by atoms with van der Waals surface area (Å²) in [6.07, 6.45) is 1.98. The van der Waals surface area contributed by atoms with Gasteiger partial charge in [-0.2, -0.15) is 0 Å². The monoisotopic (exact) mass is 350 g/mol. The summed E-state index contributed by atoms with van der Waals surface area (Å²) in [4.78, 5) is 11.8. The van der Waals surface area contributed by atoms with Crippen molar-refractivity contribution in [2.75, 3.05) is 11.9 Å². The number of anilines is 1. The Morgan fingerprint density at radius 3 is 3.00 bits per heavy atom. The molecule has 1 aliphatic heterocycles. The molecule has 0 aliphatic carbocycles. The predicted molar refractivity (Wildman–Crippen MR) is 73.8 cm³/mol. The van der Waals surface area contributed by atoms with Crippen LogP contribution in [0.15, 0.2) is 18.2 Å². The number of nitrogens with one attached hydrogen (secondary N) is 2. The minimum Gasteiger partial charge on any atom is -0.324 e. The van der Waals surface area contributed by atoms with Gasteiger partial charge in [-0.3, -0.25) is 4.79 Å². The molecule has 86 valence electrons. The van der Waals surface area contributed by atoms with E-state index in [4.69, 9.17) is 11.6 Å². The highest BCUT2D eigenvalue weighted by Crippen LogP contribution is 2.22. The van der Waals surface area contributed by atoms with Crippen molar-refractivity contribution >= 4 is 45.8 Å². The van der Waals surface area contributed by atoms with Crippen LogP contribution in [0.3, 0.4) is 0 Å². The smallest absolute Gasteiger partial charge is 0.241 e. The molecule has 5 heteroatoms. The molecule has 3 nitrogen and oxygen atoms in total. The number of benzene rings is 1. The average molecular weight is 351 g/mol. The molecular formula is C11H12ClIN2O. The summed E-state index contributed by atoms with van der Waals surface area (Å²) in [6.45, 7) is 0.926. The Balaban J connectivity index is 2.05. The van der Waals surface area contributed by atoms with Crippen molar-refractivity contribution in [3.8, 4) is 0 Å². The third-order valence-electron chi connectivity index (χ3n) is 2.57. The van der Waals surface area contributed by atoms with Crippen molar-refractivity contribution < 1.29 is 4.79 Å². The maximum atomic E-state index is 11.8. The summed E-state index contributed by atoms with van der Waals surface area (Å²) >= 11 is 8.01. The van der Waals surface area contributed by atoms with Crippen LogP contribution in [0.2, 0.25) is 5.02 Å². The van der Waals surface area contributed by atoms with Gasteiger partial charge in [-0.25, -0.2) is 0 Å². The Labute approximate surface area is 113 Å². The lowest BCUT2D eigenvalue weighted by Gasteiger charge is -2.12. The Morgan fingerprint density at radius 1 is 1.56 bits per heavy atom. The van der Waals surface area contributed by atoms with Gasteiger partial charge in [0, 0.05) is 8.59 Å². The first-order chi connectivity index (χ1) is 7.66. The van der Waals surface area contributed by atoms with E-state index in [1.807, 2.05) is 12.1 Å². The van der Waals surface area contributed by atoms with E-state index in [9.17, 15) is 4.79 Å². The second-order valence-electron chi connectivity index (χ2n) is 3.76. The fraction of sp³-hybridized carbons (Fsp3) is 0.364. The molecule has 1 fully saturated rings. The molecule has 0 saturated carbocycles. The summed E-state index contributed by atoms with van der Waals surface area (Å²) in [5.74, 6) is 0.0396. The lowest BCUT2D eigenvalue weighted by atomic mass is 10.2. The number of carbonyl (C=O) groups is 1. The zero-order chi connectivity index (χ0) is 11.5. The summed E-state index contributed by atoms with van der Waals surface area (Å²) in [5.41, 5.74) is 0.823. The number of hydrogen-bond acceptors (Lipinski definition) is 2. The molecular weight excluding hydrogens is 338 g/mol. The second kappa shape index (κ2) is 5.33. The van der Waals surface area contributed by atoms with E-state index in [1.165, 1.54) is 0 Å². The SMILES string of the molecule is O=C(Nc1ccc(Cl)cc1I)C1CCCN1. The average Bonchev–Trinajstić information content (AvgIpc) is 2.75. The van der Waals surface area contributed by atoms with Gasteiger partial charge < -0.3 is 10.6 Å². The number of carbonyl (C=O) groups excluding carboxylic acids is 1. The largest absolute Gasteiger partial charge is 0.324 e. The minimum absolute atomic E-state index is 0.0396. The van der Waals surface area contributed by atoms with E-state index in [0.29, 0.717) is 5.02 Å². The van der Waals surface area contributed by atoms with Crippen molar-refractivity contribution in [2.24, 2.45) is 0 Å². The maximum Gasteiger partial charge on any atom is 0.241 e. The van der Waals surface area contributed by atoms with Gasteiger partial charge in [0.1, 0.15) is 0 Å². The zero-order valence-electron chi connectivity index (χ0n) is 8.59. The van der Waals surface area contributed by atoms with E-state index in [2.05, 4.69) is 33.2 Å². The number of halogens is 2. The van der Waals surface area contributed by atoms with E-state index >= 15 is 0 Å². The molecule has 1 saturated heterocycles. The molecule has 1 heterocycles. The van der Waals surface area contributed by atoms with Gasteiger partial charge in [-0.05, 0) is 60.2 Å². The molecule has 1 aliphatic rings. The highest BCUT2D eigenvalue weighted by molar-refractivity contribution is 14.1. The number of amides is 1. The molecule has 2 rings (SSSR count). The van der Waals surface area contributed by atoms with Crippen LogP contribution in [0.4, 0.5) is 5.69 Å². The molecule has 2 N–H and O–H groups in total. The van der Waals surface area contributed by atoms with E-state index in [0.717, 1.165) is 28.6 Å². The summed E-state index contributed by atoms with van der Waals surface area (Å²) < 4.78 is 0.955. The minimum atomic E-state index is -0.0496. The van der Waals surface area contributed by atoms with Crippen LogP contribution in [0.1, 0.15) is 12.8 Å². The lowest BCUT2D eigenvalue weighted by Crippen LogP contribution is -2.35. The highest BCUT2D eigenvalue weighted by atomic mass is 127. The lowest BCUT2D eigenvalue weighted by molar-refractivity contribution is -0.117. The maximum absolute atomic E-state index is 11.8. The summed E-state index contributed by atoms with van der Waals surface area (Å²) in [5, 5.41) is 6.76.